The molecule has 0 radical (unpaired) electrons. The first-order chi connectivity index (χ1) is 17.5. The molecule has 1 aromatic heterocycles. The number of fused-ring (bicyclic) bond motifs is 1. The van der Waals surface area contributed by atoms with Gasteiger partial charge >= 0.3 is 0 Å². The van der Waals surface area contributed by atoms with Crippen LogP contribution in [0.15, 0.2) is 35.7 Å². The zero-order valence-electron chi connectivity index (χ0n) is 22.2. The van der Waals surface area contributed by atoms with Gasteiger partial charge in [0.05, 0.1) is 19.7 Å². The molecule has 2 amide bonds. The Kier molecular flexibility index (Phi) is 9.07. The molecular formula is C29H41N3O3S. The van der Waals surface area contributed by atoms with Gasteiger partial charge in [-0.1, -0.05) is 38.8 Å². The van der Waals surface area contributed by atoms with Gasteiger partial charge in [-0.2, -0.15) is 0 Å². The lowest BCUT2D eigenvalue weighted by atomic mass is 9.93. The number of carbonyl (C=O) groups is 2. The van der Waals surface area contributed by atoms with Crippen LogP contribution in [-0.4, -0.2) is 72.4 Å². The maximum atomic E-state index is 13.5. The maximum absolute atomic E-state index is 13.5. The summed E-state index contributed by atoms with van der Waals surface area (Å²) >= 11 is 1.81. The smallest absolute Gasteiger partial charge is 0.236 e. The van der Waals surface area contributed by atoms with Crippen LogP contribution in [0, 0.1) is 5.92 Å². The third-order valence-electron chi connectivity index (χ3n) is 7.85. The lowest BCUT2D eigenvalue weighted by Crippen LogP contribution is -2.58. The fourth-order valence-electron chi connectivity index (χ4n) is 5.69. The Hall–Kier alpha value is -2.38. The van der Waals surface area contributed by atoms with Crippen molar-refractivity contribution >= 4 is 23.2 Å². The molecule has 0 saturated carbocycles. The number of piperazine rings is 1. The molecule has 0 bridgehead atoms. The molecule has 0 aliphatic carbocycles. The molecule has 0 spiro atoms. The van der Waals surface area contributed by atoms with Crippen LogP contribution in [0.25, 0.3) is 0 Å². The summed E-state index contributed by atoms with van der Waals surface area (Å²) in [4.78, 5) is 34.4. The van der Waals surface area contributed by atoms with E-state index in [2.05, 4.69) is 49.3 Å². The second kappa shape index (κ2) is 12.2. The number of methoxy groups -OCH3 is 1. The van der Waals surface area contributed by atoms with Crippen molar-refractivity contribution in [3.8, 4) is 5.75 Å². The highest BCUT2D eigenvalue weighted by Crippen LogP contribution is 2.38. The van der Waals surface area contributed by atoms with Gasteiger partial charge in [0.1, 0.15) is 5.75 Å². The Labute approximate surface area is 220 Å². The van der Waals surface area contributed by atoms with Gasteiger partial charge in [-0.25, -0.2) is 0 Å². The largest absolute Gasteiger partial charge is 0.497 e. The maximum Gasteiger partial charge on any atom is 0.236 e. The number of carbonyl (C=O) groups excluding carboxylic acids is 2. The number of nitrogens with zero attached hydrogens (tertiary/aromatic N) is 3. The van der Waals surface area contributed by atoms with Crippen LogP contribution in [0.2, 0.25) is 0 Å². The Morgan fingerprint density at radius 3 is 2.56 bits per heavy atom. The normalized spacial score (nSPS) is 21.2. The Bertz CT molecular complexity index is 1020. The molecule has 3 heterocycles. The first-order valence-corrected chi connectivity index (χ1v) is 14.4. The van der Waals surface area contributed by atoms with E-state index in [1.54, 1.807) is 7.11 Å². The summed E-state index contributed by atoms with van der Waals surface area (Å²) < 4.78 is 5.36. The molecule has 6 nitrogen and oxygen atoms in total. The van der Waals surface area contributed by atoms with Crippen LogP contribution in [0.1, 0.15) is 68.5 Å². The highest BCUT2D eigenvalue weighted by Gasteiger charge is 2.35. The number of benzene rings is 1. The van der Waals surface area contributed by atoms with Crippen molar-refractivity contribution < 1.29 is 14.3 Å². The topological polar surface area (TPSA) is 53.1 Å². The van der Waals surface area contributed by atoms with Crippen LogP contribution in [0.3, 0.4) is 0 Å². The predicted octanol–water partition coefficient (Wildman–Crippen LogP) is 4.98. The van der Waals surface area contributed by atoms with E-state index in [1.807, 2.05) is 33.3 Å². The van der Waals surface area contributed by atoms with Gasteiger partial charge in [-0.15, -0.1) is 11.3 Å². The molecule has 36 heavy (non-hydrogen) atoms. The van der Waals surface area contributed by atoms with E-state index in [-0.39, 0.29) is 29.8 Å². The van der Waals surface area contributed by atoms with Gasteiger partial charge in [0, 0.05) is 43.0 Å². The molecule has 0 N–H and O–H groups in total. The molecule has 4 rings (SSSR count). The number of amides is 2. The summed E-state index contributed by atoms with van der Waals surface area (Å²) in [6, 6.07) is 10.6. The summed E-state index contributed by atoms with van der Waals surface area (Å²) in [6.45, 7) is 9.47. The Morgan fingerprint density at radius 1 is 1.11 bits per heavy atom. The molecule has 2 aromatic rings. The Morgan fingerprint density at radius 2 is 1.89 bits per heavy atom. The first-order valence-electron chi connectivity index (χ1n) is 13.5. The van der Waals surface area contributed by atoms with Gasteiger partial charge in [0.15, 0.2) is 0 Å². The number of thiophene rings is 1. The fraction of sp³-hybridized carbons (Fsp3) is 0.586. The second-order valence-corrected chi connectivity index (χ2v) is 11.2. The summed E-state index contributed by atoms with van der Waals surface area (Å²) in [5, 5.41) is 2.16. The van der Waals surface area contributed by atoms with Crippen molar-refractivity contribution in [2.75, 3.05) is 39.8 Å². The van der Waals surface area contributed by atoms with E-state index in [1.165, 1.54) is 16.0 Å². The van der Waals surface area contributed by atoms with Gasteiger partial charge in [-0.05, 0) is 60.9 Å². The minimum absolute atomic E-state index is 0.0492. The standard InChI is InChI=1S/C29H41N3O3S/c1-5-7-8-22(6-2)29(34)32-17-16-30(19-21(32)3)27(33)20-31-15-13-26-25(14-18-36-26)28(31)23-9-11-24(35-4)12-10-23/h9-12,14,18,21-22,28H,5-8,13,15-17,19-20H2,1-4H3/t21-,22-,28+/m0/s1. The molecule has 0 unspecified atom stereocenters. The first kappa shape index (κ1) is 26.7. The molecule has 1 fully saturated rings. The highest BCUT2D eigenvalue weighted by molar-refractivity contribution is 7.10. The molecule has 1 saturated heterocycles. The number of rotatable bonds is 9. The van der Waals surface area contributed by atoms with Crippen LogP contribution < -0.4 is 4.74 Å². The molecule has 7 heteroatoms. The summed E-state index contributed by atoms with van der Waals surface area (Å²) in [5.74, 6) is 1.37. The Balaban J connectivity index is 1.43. The number of hydrogen-bond donors (Lipinski definition) is 0. The lowest BCUT2D eigenvalue weighted by Gasteiger charge is -2.42. The fourth-order valence-corrected chi connectivity index (χ4v) is 6.59. The minimum atomic E-state index is 0.0492. The van der Waals surface area contributed by atoms with E-state index in [9.17, 15) is 9.59 Å². The summed E-state index contributed by atoms with van der Waals surface area (Å²) in [7, 11) is 1.68. The monoisotopic (exact) mass is 511 g/mol. The zero-order valence-corrected chi connectivity index (χ0v) is 23.1. The molecular weight excluding hydrogens is 470 g/mol. The van der Waals surface area contributed by atoms with Crippen LogP contribution in [0.5, 0.6) is 5.75 Å². The third kappa shape index (κ3) is 5.78. The zero-order chi connectivity index (χ0) is 25.7. The number of unbranched alkanes of at least 4 members (excludes halogenated alkanes) is 1. The van der Waals surface area contributed by atoms with E-state index in [0.29, 0.717) is 26.2 Å². The van der Waals surface area contributed by atoms with E-state index >= 15 is 0 Å². The lowest BCUT2D eigenvalue weighted by molar-refractivity contribution is -0.146. The minimum Gasteiger partial charge on any atom is -0.497 e. The van der Waals surface area contributed by atoms with E-state index < -0.39 is 0 Å². The second-order valence-electron chi connectivity index (χ2n) is 10.2. The van der Waals surface area contributed by atoms with Gasteiger partial charge in [0.25, 0.3) is 0 Å². The predicted molar refractivity (Wildman–Crippen MR) is 145 cm³/mol. The SMILES string of the molecule is CCCC[C@H](CC)C(=O)N1CCN(C(=O)CN2CCc3sccc3[C@H]2c2ccc(OC)cc2)C[C@@H]1C. The highest BCUT2D eigenvalue weighted by atomic mass is 32.1. The molecule has 3 atom stereocenters. The molecule has 196 valence electrons. The third-order valence-corrected chi connectivity index (χ3v) is 8.84. The van der Waals surface area contributed by atoms with E-state index in [4.69, 9.17) is 4.74 Å². The molecule has 2 aliphatic rings. The van der Waals surface area contributed by atoms with Crippen molar-refractivity contribution in [2.45, 2.75) is 65.0 Å². The summed E-state index contributed by atoms with van der Waals surface area (Å²) in [6.07, 6.45) is 5.03. The molecule has 1 aromatic carbocycles. The van der Waals surface area contributed by atoms with Gasteiger partial charge in [-0.3, -0.25) is 14.5 Å². The molecule has 2 aliphatic heterocycles. The average molecular weight is 512 g/mol. The van der Waals surface area contributed by atoms with Crippen molar-refractivity contribution in [2.24, 2.45) is 5.92 Å². The van der Waals surface area contributed by atoms with Crippen molar-refractivity contribution in [1.29, 1.82) is 0 Å². The van der Waals surface area contributed by atoms with Gasteiger partial charge in [0.2, 0.25) is 11.8 Å². The van der Waals surface area contributed by atoms with E-state index in [0.717, 1.165) is 44.4 Å². The summed E-state index contributed by atoms with van der Waals surface area (Å²) in [5.41, 5.74) is 2.50. The van der Waals surface area contributed by atoms with Crippen LogP contribution in [-0.2, 0) is 16.0 Å². The van der Waals surface area contributed by atoms with Crippen LogP contribution >= 0.6 is 11.3 Å². The average Bonchev–Trinajstić information content (AvgIpc) is 3.38. The van der Waals surface area contributed by atoms with Crippen LogP contribution in [0.4, 0.5) is 0 Å². The van der Waals surface area contributed by atoms with Crippen molar-refractivity contribution in [1.82, 2.24) is 14.7 Å². The number of hydrogen-bond acceptors (Lipinski definition) is 5. The van der Waals surface area contributed by atoms with Crippen molar-refractivity contribution in [3.05, 3.63) is 51.7 Å². The van der Waals surface area contributed by atoms with Gasteiger partial charge < -0.3 is 14.5 Å². The quantitative estimate of drug-likeness (QED) is 0.477. The number of ether oxygens (including phenoxy) is 1. The van der Waals surface area contributed by atoms with Crippen molar-refractivity contribution in [3.63, 3.8) is 0 Å².